The van der Waals surface area contributed by atoms with Crippen molar-refractivity contribution >= 4 is 53.4 Å². The molecule has 468 valence electrons. The quantitative estimate of drug-likeness (QED) is 0.0140. The van der Waals surface area contributed by atoms with Gasteiger partial charge in [0.15, 0.2) is 0 Å². The van der Waals surface area contributed by atoms with Crippen LogP contribution >= 0.6 is 0 Å². The molecule has 0 fully saturated rings. The lowest BCUT2D eigenvalue weighted by atomic mass is 9.92. The number of hydrogen-bond acceptors (Lipinski definition) is 12. The van der Waals surface area contributed by atoms with Gasteiger partial charge in [-0.1, -0.05) is 183 Å². The number of amides is 8. The van der Waals surface area contributed by atoms with E-state index in [4.69, 9.17) is 14.2 Å². The van der Waals surface area contributed by atoms with Crippen molar-refractivity contribution in [2.45, 2.75) is 176 Å². The molecule has 20 nitrogen and oxygen atoms in total. The van der Waals surface area contributed by atoms with Crippen molar-refractivity contribution < 1.29 is 57.4 Å². The Bertz CT molecular complexity index is 2800. The average Bonchev–Trinajstić information content (AvgIpc) is 2.99. The third-order valence-electron chi connectivity index (χ3n) is 13.9. The summed E-state index contributed by atoms with van der Waals surface area (Å²) in [5.74, 6) is -8.34. The lowest BCUT2D eigenvalue weighted by Crippen LogP contribution is -2.61. The highest BCUT2D eigenvalue weighted by Crippen LogP contribution is 2.18. The third kappa shape index (κ3) is 25.2. The van der Waals surface area contributed by atoms with Gasteiger partial charge in [-0.2, -0.15) is 0 Å². The Morgan fingerprint density at radius 1 is 0.465 bits per heavy atom. The van der Waals surface area contributed by atoms with Gasteiger partial charge in [-0.25, -0.2) is 9.59 Å². The average molecular weight is 1190 g/mol. The molecule has 9 atom stereocenters. The van der Waals surface area contributed by atoms with Gasteiger partial charge in [0.05, 0.1) is 19.3 Å². The Morgan fingerprint density at radius 2 is 0.930 bits per heavy atom. The van der Waals surface area contributed by atoms with Crippen molar-refractivity contribution in [3.8, 4) is 0 Å². The number of nitrogens with one attached hydrogen (secondary N) is 8. The van der Waals surface area contributed by atoms with Gasteiger partial charge in [-0.15, -0.1) is 0 Å². The summed E-state index contributed by atoms with van der Waals surface area (Å²) < 4.78 is 17.3. The molecule has 0 bridgehead atoms. The van der Waals surface area contributed by atoms with Crippen LogP contribution in [0, 0.1) is 29.6 Å². The molecule has 20 heteroatoms. The van der Waals surface area contributed by atoms with Gasteiger partial charge in [0.2, 0.25) is 41.4 Å². The summed E-state index contributed by atoms with van der Waals surface area (Å²) in [4.78, 5) is 126. The maximum absolute atomic E-state index is 14.8. The fourth-order valence-corrected chi connectivity index (χ4v) is 9.26. The highest BCUT2D eigenvalue weighted by Gasteiger charge is 2.38. The minimum absolute atomic E-state index is 0.0263. The van der Waals surface area contributed by atoms with Crippen LogP contribution in [0.2, 0.25) is 0 Å². The van der Waals surface area contributed by atoms with E-state index in [1.807, 2.05) is 95.3 Å². The number of carbonyl (C=O) groups is 9. The standard InChI is InChI=1S/C66H92N8O12/c1-13-44(8)56(74-65(83)86-66(10,11)12)62(80)69-50(34-41(2)3)58(76)67-38-54(75)71-53(37-47-28-20-15-21-29-47)72-61(79)55(43(6)7)60(78)68-51(36-46-26-18-14-19-27-46)59(77)73-57(45(9)84-39-48-30-22-16-23-31-48)63(81)70-52(35-42(4)5)64(82)85-40-49-32-24-17-25-33-49/h14-33,41-45,50-53,55-57H,13,34-40H2,1-12H3,(H,67,76)(H,68,78)(H,69,80)(H,70,81)(H,71,75)(H,72,79)(H,73,77)(H,74,83)/t44-,45+,50-,51-,52-,53+,55?,56-,57-/m0/s1. The Morgan fingerprint density at radius 3 is 1.44 bits per heavy atom. The Labute approximate surface area is 507 Å². The van der Waals surface area contributed by atoms with Gasteiger partial charge in [-0.3, -0.25) is 33.6 Å². The number of rotatable bonds is 33. The minimum Gasteiger partial charge on any atom is -0.459 e. The van der Waals surface area contributed by atoms with E-state index in [1.165, 1.54) is 0 Å². The van der Waals surface area contributed by atoms with E-state index < -0.39 is 120 Å². The molecule has 0 saturated heterocycles. The van der Waals surface area contributed by atoms with E-state index in [-0.39, 0.29) is 56.7 Å². The number of alkyl carbamates (subject to hydrolysis) is 1. The predicted octanol–water partition coefficient (Wildman–Crippen LogP) is 6.74. The van der Waals surface area contributed by atoms with Gasteiger partial charge in [0.1, 0.15) is 54.5 Å². The van der Waals surface area contributed by atoms with Crippen molar-refractivity contribution in [3.63, 3.8) is 0 Å². The molecule has 4 aromatic carbocycles. The van der Waals surface area contributed by atoms with Crippen molar-refractivity contribution in [3.05, 3.63) is 144 Å². The van der Waals surface area contributed by atoms with Gasteiger partial charge in [0, 0.05) is 12.8 Å². The van der Waals surface area contributed by atoms with Crippen LogP contribution in [-0.4, -0.2) is 108 Å². The van der Waals surface area contributed by atoms with Crippen LogP contribution in [-0.2, 0) is 78.6 Å². The fraction of sp³-hybridized carbons (Fsp3) is 0.500. The molecular formula is C66H92N8O12. The summed E-state index contributed by atoms with van der Waals surface area (Å²) in [7, 11) is 0. The molecule has 0 saturated carbocycles. The van der Waals surface area contributed by atoms with Crippen LogP contribution in [0.15, 0.2) is 121 Å². The van der Waals surface area contributed by atoms with Crippen molar-refractivity contribution in [1.82, 2.24) is 42.5 Å². The summed E-state index contributed by atoms with van der Waals surface area (Å²) in [5.41, 5.74) is 2.09. The van der Waals surface area contributed by atoms with Gasteiger partial charge in [-0.05, 0) is 86.5 Å². The fourth-order valence-electron chi connectivity index (χ4n) is 9.26. The smallest absolute Gasteiger partial charge is 0.408 e. The summed E-state index contributed by atoms with van der Waals surface area (Å²) >= 11 is 0. The monoisotopic (exact) mass is 1190 g/mol. The molecule has 1 unspecified atom stereocenters. The van der Waals surface area contributed by atoms with Crippen molar-refractivity contribution in [2.75, 3.05) is 6.54 Å². The highest BCUT2D eigenvalue weighted by atomic mass is 16.6. The summed E-state index contributed by atoms with van der Waals surface area (Å²) in [6.45, 7) is 20.7. The molecule has 4 rings (SSSR count). The van der Waals surface area contributed by atoms with Crippen LogP contribution < -0.4 is 42.5 Å². The molecule has 8 N–H and O–H groups in total. The van der Waals surface area contributed by atoms with Gasteiger partial charge < -0.3 is 56.7 Å². The second kappa shape index (κ2) is 35.4. The van der Waals surface area contributed by atoms with E-state index >= 15 is 0 Å². The van der Waals surface area contributed by atoms with Gasteiger partial charge >= 0.3 is 12.1 Å². The first-order valence-corrected chi connectivity index (χ1v) is 29.8. The molecule has 8 amide bonds. The first kappa shape index (κ1) is 70.4. The number of esters is 1. The van der Waals surface area contributed by atoms with Crippen LogP contribution in [0.4, 0.5) is 4.79 Å². The zero-order valence-electron chi connectivity index (χ0n) is 52.0. The number of hydrogen-bond donors (Lipinski definition) is 8. The minimum atomic E-state index is -1.44. The summed E-state index contributed by atoms with van der Waals surface area (Å²) in [5, 5.41) is 22.1. The van der Waals surface area contributed by atoms with Crippen molar-refractivity contribution in [2.24, 2.45) is 29.6 Å². The van der Waals surface area contributed by atoms with E-state index in [1.54, 1.807) is 109 Å². The Balaban J connectivity index is 1.58. The third-order valence-corrected chi connectivity index (χ3v) is 13.9. The zero-order valence-corrected chi connectivity index (χ0v) is 52.0. The molecule has 0 radical (unpaired) electrons. The molecule has 0 aliphatic heterocycles. The van der Waals surface area contributed by atoms with E-state index in [9.17, 15) is 43.2 Å². The zero-order chi connectivity index (χ0) is 63.5. The van der Waals surface area contributed by atoms with Crippen molar-refractivity contribution in [1.29, 1.82) is 0 Å². The number of carbonyl (C=O) groups excluding carboxylic acids is 9. The number of benzene rings is 4. The normalized spacial score (nSPS) is 14.5. The van der Waals surface area contributed by atoms with E-state index in [0.717, 1.165) is 11.1 Å². The summed E-state index contributed by atoms with van der Waals surface area (Å²) in [6, 6.07) is 30.1. The predicted molar refractivity (Wildman–Crippen MR) is 328 cm³/mol. The van der Waals surface area contributed by atoms with Crippen LogP contribution in [0.5, 0.6) is 0 Å². The first-order valence-electron chi connectivity index (χ1n) is 29.8. The Hall–Kier alpha value is -8.13. The maximum atomic E-state index is 14.8. The first-order chi connectivity index (χ1) is 40.7. The molecule has 0 aromatic heterocycles. The van der Waals surface area contributed by atoms with Crippen LogP contribution in [0.25, 0.3) is 0 Å². The second-order valence-corrected chi connectivity index (χ2v) is 24.0. The molecule has 0 aliphatic rings. The molecular weight excluding hydrogens is 1100 g/mol. The molecule has 86 heavy (non-hydrogen) atoms. The molecule has 4 aromatic rings. The van der Waals surface area contributed by atoms with Crippen LogP contribution in [0.3, 0.4) is 0 Å². The van der Waals surface area contributed by atoms with Gasteiger partial charge in [0.25, 0.3) is 0 Å². The molecule has 0 aliphatic carbocycles. The topological polar surface area (TPSA) is 278 Å². The van der Waals surface area contributed by atoms with Crippen LogP contribution in [0.1, 0.15) is 125 Å². The maximum Gasteiger partial charge on any atom is 0.408 e. The number of ether oxygens (including phenoxy) is 3. The second-order valence-electron chi connectivity index (χ2n) is 24.0. The molecule has 0 spiro atoms. The molecule has 0 heterocycles. The SMILES string of the molecule is CC[C@H](C)[C@H](NC(=O)OC(C)(C)C)C(=O)N[C@@H](CC(C)C)C(=O)NCC(=O)N[C@@H](Cc1ccccc1)NC(=O)C(C(=O)N[C@@H](Cc1ccccc1)C(=O)N[C@H](C(=O)N[C@@H](CC(C)C)C(=O)OCc1ccccc1)[C@@H](C)OCc1ccccc1)C(C)C. The van der Waals surface area contributed by atoms with E-state index in [0.29, 0.717) is 17.5 Å². The van der Waals surface area contributed by atoms with E-state index in [2.05, 4.69) is 42.5 Å². The highest BCUT2D eigenvalue weighted by molar-refractivity contribution is 6.03. The Kier molecular flexibility index (Phi) is 28.9. The largest absolute Gasteiger partial charge is 0.459 e. The summed E-state index contributed by atoms with van der Waals surface area (Å²) in [6.07, 6.45) is -1.97. The lowest BCUT2D eigenvalue weighted by Gasteiger charge is -2.30. The lowest BCUT2D eigenvalue weighted by molar-refractivity contribution is -0.150.